The minimum Gasteiger partial charge on any atom is -0.497 e. The summed E-state index contributed by atoms with van der Waals surface area (Å²) in [7, 11) is 2.96. The number of fused-ring (bicyclic) bond motifs is 1. The van der Waals surface area contributed by atoms with E-state index in [0.717, 1.165) is 0 Å². The van der Waals surface area contributed by atoms with Crippen LogP contribution in [0.5, 0.6) is 11.5 Å². The molecule has 14 nitrogen and oxygen atoms in total. The van der Waals surface area contributed by atoms with Crippen LogP contribution in [0.1, 0.15) is 49.3 Å². The van der Waals surface area contributed by atoms with Gasteiger partial charge in [0.2, 0.25) is 5.91 Å². The second-order valence-electron chi connectivity index (χ2n) is 13.4. The smallest absolute Gasteiger partial charge is 0.408 e. The first-order valence-electron chi connectivity index (χ1n) is 16.9. The van der Waals surface area contributed by atoms with E-state index in [2.05, 4.69) is 10.6 Å². The summed E-state index contributed by atoms with van der Waals surface area (Å²) >= 11 is 6.32. The Bertz CT molecular complexity index is 2060. The number of anilines is 2. The highest BCUT2D eigenvalue weighted by atomic mass is 35.5. The maximum atomic E-state index is 14.4. The Hall–Kier alpha value is -5.57. The average molecular weight is 756 g/mol. The van der Waals surface area contributed by atoms with Crippen LogP contribution >= 0.6 is 11.6 Å². The summed E-state index contributed by atoms with van der Waals surface area (Å²) in [5.41, 5.74) is -0.141. The molecule has 1 saturated heterocycles. The van der Waals surface area contributed by atoms with Crippen molar-refractivity contribution in [3.8, 4) is 11.5 Å². The molecule has 0 spiro atoms. The van der Waals surface area contributed by atoms with Crippen molar-refractivity contribution in [3.63, 3.8) is 0 Å². The standard InChI is InChI=1S/C37H43ClFN7O7.2H2/c1-22(40-36(50)53-37(3,4)5)33(47)43-16-18-44(19-17-43)46-32(42-29-14-8-24(38)20-28(29)34(46)48)23(2)45(30-15-13-27(51-6)21-31(30)52-7)35(49)41-26-11-9-25(39)10-12-26;;/h8-15,20-23H,16-19H2,1-7H3,(H,40,50)(H,41,49);2*1H/t22-,23?;;/m0../s1. The molecule has 53 heavy (non-hydrogen) atoms. The number of ether oxygens (including phenoxy) is 3. The molecule has 2 N–H and O–H groups in total. The average Bonchev–Trinajstić information content (AvgIpc) is 3.11. The van der Waals surface area contributed by atoms with Crippen LogP contribution in [-0.4, -0.2) is 84.6 Å². The number of aromatic nitrogens is 2. The van der Waals surface area contributed by atoms with Crippen molar-refractivity contribution in [2.45, 2.75) is 52.3 Å². The van der Waals surface area contributed by atoms with Crippen molar-refractivity contribution in [2.24, 2.45) is 0 Å². The molecule has 1 aliphatic rings. The van der Waals surface area contributed by atoms with Crippen LogP contribution in [0, 0.1) is 5.82 Å². The first kappa shape index (κ1) is 38.7. The van der Waals surface area contributed by atoms with Gasteiger partial charge in [0.05, 0.1) is 49.9 Å². The van der Waals surface area contributed by atoms with E-state index in [-0.39, 0.29) is 46.2 Å². The summed E-state index contributed by atoms with van der Waals surface area (Å²) < 4.78 is 31.5. The molecule has 1 aliphatic heterocycles. The number of nitrogens with zero attached hydrogens (tertiary/aromatic N) is 5. The predicted molar refractivity (Wildman–Crippen MR) is 204 cm³/mol. The van der Waals surface area contributed by atoms with Gasteiger partial charge in [-0.1, -0.05) is 11.6 Å². The molecule has 4 amide bonds. The van der Waals surface area contributed by atoms with Crippen LogP contribution in [0.4, 0.5) is 25.4 Å². The third kappa shape index (κ3) is 8.91. The molecule has 0 bridgehead atoms. The summed E-state index contributed by atoms with van der Waals surface area (Å²) in [5, 5.41) is 7.76. The molecule has 5 rings (SSSR count). The first-order chi connectivity index (χ1) is 25.1. The van der Waals surface area contributed by atoms with Gasteiger partial charge in [0.15, 0.2) is 5.82 Å². The number of nitrogens with one attached hydrogen (secondary N) is 2. The number of carbonyl (C=O) groups excluding carboxylic acids is 3. The molecule has 1 fully saturated rings. The highest BCUT2D eigenvalue weighted by molar-refractivity contribution is 6.31. The molecule has 0 aliphatic carbocycles. The number of methoxy groups -OCH3 is 2. The fraction of sp³-hybridized carbons (Fsp3) is 0.378. The van der Waals surface area contributed by atoms with E-state index in [4.69, 9.17) is 30.8 Å². The molecule has 0 radical (unpaired) electrons. The fourth-order valence-electron chi connectivity index (χ4n) is 5.96. The van der Waals surface area contributed by atoms with Gasteiger partial charge in [-0.15, -0.1) is 0 Å². The van der Waals surface area contributed by atoms with E-state index < -0.39 is 41.2 Å². The van der Waals surface area contributed by atoms with Gasteiger partial charge < -0.3 is 34.8 Å². The maximum absolute atomic E-state index is 14.4. The quantitative estimate of drug-likeness (QED) is 0.204. The molecule has 2 atom stereocenters. The van der Waals surface area contributed by atoms with Crippen LogP contribution in [0.25, 0.3) is 10.9 Å². The number of hydrogen-bond acceptors (Lipinski definition) is 9. The Morgan fingerprint density at radius 1 is 0.962 bits per heavy atom. The number of alkyl carbamates (subject to hydrolysis) is 1. The summed E-state index contributed by atoms with van der Waals surface area (Å²) in [5.74, 6) is 0.211. The van der Waals surface area contributed by atoms with Gasteiger partial charge in [-0.25, -0.2) is 23.6 Å². The number of carbonyl (C=O) groups is 3. The number of benzene rings is 3. The SMILES string of the molecule is COc1ccc(N(C(=O)Nc2ccc(F)cc2)C(C)c2nc3ccc(Cl)cc3c(=O)n2N2CCN(C(=O)[C@H](C)NC(=O)OC(C)(C)C)CC2)c(OC)c1.[HH].[HH]. The molecule has 4 aromatic rings. The Morgan fingerprint density at radius 2 is 1.64 bits per heavy atom. The molecule has 3 aromatic carbocycles. The molecule has 16 heteroatoms. The van der Waals surface area contributed by atoms with Gasteiger partial charge in [0.1, 0.15) is 29.0 Å². The third-order valence-corrected chi connectivity index (χ3v) is 8.74. The Labute approximate surface area is 314 Å². The molecule has 0 saturated carbocycles. The monoisotopic (exact) mass is 755 g/mol. The van der Waals surface area contributed by atoms with Gasteiger partial charge in [-0.2, -0.15) is 0 Å². The highest BCUT2D eigenvalue weighted by Gasteiger charge is 2.34. The molecule has 2 heterocycles. The zero-order chi connectivity index (χ0) is 38.6. The van der Waals surface area contributed by atoms with Crippen LogP contribution in [-0.2, 0) is 9.53 Å². The Kier molecular flexibility index (Phi) is 11.7. The van der Waals surface area contributed by atoms with E-state index in [1.807, 2.05) is 0 Å². The summed E-state index contributed by atoms with van der Waals surface area (Å²) in [6.07, 6.45) is -0.704. The van der Waals surface area contributed by atoms with E-state index >= 15 is 0 Å². The van der Waals surface area contributed by atoms with Gasteiger partial charge in [0, 0.05) is 32.7 Å². The lowest BCUT2D eigenvalue weighted by Crippen LogP contribution is -2.59. The molecule has 1 unspecified atom stereocenters. The predicted octanol–water partition coefficient (Wildman–Crippen LogP) is 6.19. The van der Waals surface area contributed by atoms with Crippen LogP contribution < -0.4 is 35.6 Å². The molecular formula is C37H47ClFN7O7. The van der Waals surface area contributed by atoms with E-state index in [1.54, 1.807) is 74.9 Å². The number of piperazine rings is 1. The molecule has 286 valence electrons. The minimum atomic E-state index is -0.928. The zero-order valence-corrected chi connectivity index (χ0v) is 31.4. The van der Waals surface area contributed by atoms with Gasteiger partial charge in [-0.3, -0.25) is 14.5 Å². The summed E-state index contributed by atoms with van der Waals surface area (Å²) in [4.78, 5) is 62.2. The third-order valence-electron chi connectivity index (χ3n) is 8.51. The highest BCUT2D eigenvalue weighted by Crippen LogP contribution is 2.37. The van der Waals surface area contributed by atoms with E-state index in [9.17, 15) is 23.6 Å². The van der Waals surface area contributed by atoms with Crippen molar-refractivity contribution >= 4 is 51.9 Å². The lowest BCUT2D eigenvalue weighted by atomic mass is 10.1. The number of urea groups is 1. The fourth-order valence-corrected chi connectivity index (χ4v) is 6.13. The number of amides is 4. The minimum absolute atomic E-state index is 0. The Morgan fingerprint density at radius 3 is 2.26 bits per heavy atom. The van der Waals surface area contributed by atoms with Crippen molar-refractivity contribution < 1.29 is 35.8 Å². The van der Waals surface area contributed by atoms with Crippen LogP contribution in [0.3, 0.4) is 0 Å². The van der Waals surface area contributed by atoms with Crippen molar-refractivity contribution in [1.82, 2.24) is 19.9 Å². The van der Waals surface area contributed by atoms with Crippen molar-refractivity contribution in [3.05, 3.63) is 87.7 Å². The number of hydrogen-bond donors (Lipinski definition) is 2. The summed E-state index contributed by atoms with van der Waals surface area (Å²) in [6.45, 7) is 9.36. The van der Waals surface area contributed by atoms with Crippen LogP contribution in [0.15, 0.2) is 65.5 Å². The molecule has 1 aromatic heterocycles. The van der Waals surface area contributed by atoms with E-state index in [0.29, 0.717) is 33.4 Å². The van der Waals surface area contributed by atoms with Gasteiger partial charge in [0.25, 0.3) is 5.56 Å². The normalized spacial score (nSPS) is 14.3. The second-order valence-corrected chi connectivity index (χ2v) is 13.9. The lowest BCUT2D eigenvalue weighted by Gasteiger charge is -2.40. The van der Waals surface area contributed by atoms with Gasteiger partial charge in [-0.05, 0) is 89.2 Å². The zero-order valence-electron chi connectivity index (χ0n) is 30.6. The lowest BCUT2D eigenvalue weighted by molar-refractivity contribution is -0.133. The summed E-state index contributed by atoms with van der Waals surface area (Å²) in [6, 6.07) is 12.6. The number of rotatable bonds is 9. The Balaban J connectivity index is 0.00000406. The van der Waals surface area contributed by atoms with E-state index in [1.165, 1.54) is 54.1 Å². The maximum Gasteiger partial charge on any atom is 0.408 e. The topological polar surface area (TPSA) is 148 Å². The van der Waals surface area contributed by atoms with Crippen molar-refractivity contribution in [2.75, 3.05) is 55.6 Å². The molecular weight excluding hydrogens is 709 g/mol. The first-order valence-corrected chi connectivity index (χ1v) is 17.3. The second kappa shape index (κ2) is 16.0. The van der Waals surface area contributed by atoms with Gasteiger partial charge >= 0.3 is 12.1 Å². The van der Waals surface area contributed by atoms with Crippen LogP contribution in [0.2, 0.25) is 5.02 Å². The number of halogens is 2. The van der Waals surface area contributed by atoms with Crippen molar-refractivity contribution in [1.29, 1.82) is 0 Å². The largest absolute Gasteiger partial charge is 0.497 e.